The topological polar surface area (TPSA) is 141 Å². The standard InChI is InChI=1S/C9H4N6O4/c10-4-6-5-13(12-8(6)15(18)19)9-7(14(16)17)2-1-3-11-9/h1-3,5H. The number of aromatic nitrogens is 3. The fraction of sp³-hybridized carbons (Fsp3) is 0. The maximum absolute atomic E-state index is 10.8. The van der Waals surface area contributed by atoms with E-state index in [4.69, 9.17) is 5.26 Å². The number of hydrogen-bond donors (Lipinski definition) is 0. The Morgan fingerprint density at radius 2 is 2.05 bits per heavy atom. The fourth-order valence-electron chi connectivity index (χ4n) is 1.39. The summed E-state index contributed by atoms with van der Waals surface area (Å²) in [5, 5.41) is 33.8. The molecule has 0 saturated carbocycles. The number of hydrogen-bond acceptors (Lipinski definition) is 7. The zero-order valence-corrected chi connectivity index (χ0v) is 9.13. The van der Waals surface area contributed by atoms with Crippen molar-refractivity contribution in [1.29, 1.82) is 5.26 Å². The smallest absolute Gasteiger partial charge is 0.358 e. The van der Waals surface area contributed by atoms with Gasteiger partial charge in [0, 0.05) is 12.3 Å². The lowest BCUT2D eigenvalue weighted by molar-refractivity contribution is -0.390. The molecule has 10 heteroatoms. The number of nitrogens with zero attached hydrogens (tertiary/aromatic N) is 6. The van der Waals surface area contributed by atoms with E-state index in [2.05, 4.69) is 10.1 Å². The van der Waals surface area contributed by atoms with Crippen LogP contribution in [0.25, 0.3) is 5.82 Å². The number of nitro groups is 2. The summed E-state index contributed by atoms with van der Waals surface area (Å²) in [5.41, 5.74) is -0.672. The second-order valence-corrected chi connectivity index (χ2v) is 3.28. The van der Waals surface area contributed by atoms with E-state index < -0.39 is 15.7 Å². The Labute approximate surface area is 104 Å². The normalized spacial score (nSPS) is 9.84. The molecule has 0 spiro atoms. The largest absolute Gasteiger partial charge is 0.408 e. The fourth-order valence-corrected chi connectivity index (χ4v) is 1.39. The van der Waals surface area contributed by atoms with Gasteiger partial charge in [-0.25, -0.2) is 4.98 Å². The van der Waals surface area contributed by atoms with Crippen molar-refractivity contribution >= 4 is 11.5 Å². The van der Waals surface area contributed by atoms with Crippen LogP contribution in [0.4, 0.5) is 11.5 Å². The predicted molar refractivity (Wildman–Crippen MR) is 59.4 cm³/mol. The molecule has 0 atom stereocenters. The van der Waals surface area contributed by atoms with Crippen LogP contribution in [0.15, 0.2) is 24.5 Å². The van der Waals surface area contributed by atoms with Crippen LogP contribution in [0.5, 0.6) is 0 Å². The van der Waals surface area contributed by atoms with Crippen molar-refractivity contribution in [1.82, 2.24) is 14.8 Å². The quantitative estimate of drug-likeness (QED) is 0.590. The van der Waals surface area contributed by atoms with Gasteiger partial charge in [0.1, 0.15) is 6.07 Å². The maximum Gasteiger partial charge on any atom is 0.408 e. The average Bonchev–Trinajstić information content (AvgIpc) is 2.82. The van der Waals surface area contributed by atoms with E-state index in [9.17, 15) is 20.2 Å². The second-order valence-electron chi connectivity index (χ2n) is 3.28. The summed E-state index contributed by atoms with van der Waals surface area (Å²) in [6, 6.07) is 4.13. The molecule has 0 aliphatic rings. The van der Waals surface area contributed by atoms with Gasteiger partial charge >= 0.3 is 11.5 Å². The minimum absolute atomic E-state index is 0.197. The molecule has 19 heavy (non-hydrogen) atoms. The van der Waals surface area contributed by atoms with Gasteiger partial charge in [0.05, 0.1) is 16.2 Å². The lowest BCUT2D eigenvalue weighted by Crippen LogP contribution is -2.03. The molecule has 0 saturated heterocycles. The lowest BCUT2D eigenvalue weighted by Gasteiger charge is -1.96. The van der Waals surface area contributed by atoms with Gasteiger partial charge in [-0.15, -0.1) is 4.68 Å². The molecule has 0 unspecified atom stereocenters. The van der Waals surface area contributed by atoms with Gasteiger partial charge in [-0.3, -0.25) is 10.1 Å². The molecular formula is C9H4N6O4. The summed E-state index contributed by atoms with van der Waals surface area (Å²) in [6.45, 7) is 0. The Bertz CT molecular complexity index is 716. The summed E-state index contributed by atoms with van der Waals surface area (Å²) in [6.07, 6.45) is 2.30. The van der Waals surface area contributed by atoms with Crippen molar-refractivity contribution in [3.63, 3.8) is 0 Å². The number of pyridine rings is 1. The highest BCUT2D eigenvalue weighted by molar-refractivity contribution is 5.49. The van der Waals surface area contributed by atoms with E-state index in [0.717, 1.165) is 10.9 Å². The molecule has 0 radical (unpaired) electrons. The Morgan fingerprint density at radius 1 is 1.32 bits per heavy atom. The van der Waals surface area contributed by atoms with Gasteiger partial charge in [-0.1, -0.05) is 0 Å². The highest BCUT2D eigenvalue weighted by Crippen LogP contribution is 2.22. The van der Waals surface area contributed by atoms with Gasteiger partial charge in [-0.05, 0) is 11.0 Å². The van der Waals surface area contributed by atoms with Crippen LogP contribution in [0.3, 0.4) is 0 Å². The minimum atomic E-state index is -0.843. The van der Waals surface area contributed by atoms with Crippen molar-refractivity contribution < 1.29 is 9.85 Å². The third-order valence-corrected chi connectivity index (χ3v) is 2.17. The number of rotatable bonds is 3. The summed E-state index contributed by atoms with van der Waals surface area (Å²) in [5.74, 6) is -0.875. The van der Waals surface area contributed by atoms with Crippen molar-refractivity contribution in [2.24, 2.45) is 0 Å². The maximum atomic E-state index is 10.8. The minimum Gasteiger partial charge on any atom is -0.358 e. The Morgan fingerprint density at radius 3 is 2.58 bits per heavy atom. The van der Waals surface area contributed by atoms with E-state index in [1.54, 1.807) is 6.07 Å². The van der Waals surface area contributed by atoms with Gasteiger partial charge in [0.15, 0.2) is 5.56 Å². The molecule has 0 aliphatic carbocycles. The first-order chi connectivity index (χ1) is 9.04. The van der Waals surface area contributed by atoms with E-state index in [0.29, 0.717) is 0 Å². The van der Waals surface area contributed by atoms with E-state index in [1.165, 1.54) is 18.3 Å². The first-order valence-electron chi connectivity index (χ1n) is 4.78. The van der Waals surface area contributed by atoms with Crippen LogP contribution in [0.2, 0.25) is 0 Å². The molecule has 10 nitrogen and oxygen atoms in total. The van der Waals surface area contributed by atoms with Crippen LogP contribution in [0.1, 0.15) is 5.56 Å². The predicted octanol–water partition coefficient (Wildman–Crippen LogP) is 0.955. The first kappa shape index (κ1) is 12.1. The molecule has 2 aromatic heterocycles. The average molecular weight is 260 g/mol. The van der Waals surface area contributed by atoms with Crippen molar-refractivity contribution in [3.05, 3.63) is 50.3 Å². The van der Waals surface area contributed by atoms with Crippen molar-refractivity contribution in [2.75, 3.05) is 0 Å². The molecule has 0 bridgehead atoms. The Balaban J connectivity index is 2.64. The van der Waals surface area contributed by atoms with Crippen LogP contribution >= 0.6 is 0 Å². The molecule has 0 aliphatic heterocycles. The van der Waals surface area contributed by atoms with E-state index in [1.807, 2.05) is 0 Å². The molecule has 0 amide bonds. The van der Waals surface area contributed by atoms with Crippen LogP contribution in [-0.2, 0) is 0 Å². The van der Waals surface area contributed by atoms with Crippen molar-refractivity contribution in [3.8, 4) is 11.9 Å². The zero-order chi connectivity index (χ0) is 14.0. The van der Waals surface area contributed by atoms with Gasteiger partial charge < -0.3 is 10.1 Å². The molecule has 2 aromatic rings. The molecular weight excluding hydrogens is 256 g/mol. The van der Waals surface area contributed by atoms with E-state index in [-0.39, 0.29) is 17.1 Å². The highest BCUT2D eigenvalue weighted by Gasteiger charge is 2.26. The SMILES string of the molecule is N#Cc1cn(-c2ncccc2[N+](=O)[O-])nc1[N+](=O)[O-]. The molecule has 2 rings (SSSR count). The summed E-state index contributed by atoms with van der Waals surface area (Å²) in [7, 11) is 0. The van der Waals surface area contributed by atoms with Gasteiger partial charge in [0.25, 0.3) is 5.82 Å². The zero-order valence-electron chi connectivity index (χ0n) is 9.13. The molecule has 94 valence electrons. The van der Waals surface area contributed by atoms with Gasteiger partial charge in [-0.2, -0.15) is 5.26 Å². The number of nitriles is 1. The van der Waals surface area contributed by atoms with Crippen LogP contribution in [0, 0.1) is 31.6 Å². The van der Waals surface area contributed by atoms with Crippen LogP contribution in [-0.4, -0.2) is 24.6 Å². The third kappa shape index (κ3) is 2.07. The van der Waals surface area contributed by atoms with Gasteiger partial charge in [0.2, 0.25) is 0 Å². The second kappa shape index (κ2) is 4.49. The highest BCUT2D eigenvalue weighted by atomic mass is 16.6. The molecule has 0 N–H and O–H groups in total. The summed E-state index contributed by atoms with van der Waals surface area (Å²) >= 11 is 0. The molecule has 0 aromatic carbocycles. The van der Waals surface area contributed by atoms with E-state index >= 15 is 0 Å². The van der Waals surface area contributed by atoms with Crippen LogP contribution < -0.4 is 0 Å². The molecule has 0 fully saturated rings. The molecule has 2 heterocycles. The monoisotopic (exact) mass is 260 g/mol. The lowest BCUT2D eigenvalue weighted by atomic mass is 10.3. The Kier molecular flexibility index (Phi) is 2.86. The van der Waals surface area contributed by atoms with Crippen molar-refractivity contribution in [2.45, 2.75) is 0 Å². The summed E-state index contributed by atoms with van der Waals surface area (Å²) in [4.78, 5) is 23.7. The third-order valence-electron chi connectivity index (χ3n) is 2.17. The first-order valence-corrected chi connectivity index (χ1v) is 4.78. The Hall–Kier alpha value is -3.35. The summed E-state index contributed by atoms with van der Waals surface area (Å²) < 4.78 is 0.842.